The van der Waals surface area contributed by atoms with E-state index in [4.69, 9.17) is 17.0 Å². The van der Waals surface area contributed by atoms with Gasteiger partial charge in [-0.15, -0.1) is 0 Å². The normalized spacial score (nSPS) is 11.2. The Kier molecular flexibility index (Phi) is 9.78. The molecule has 0 bridgehead atoms. The Bertz CT molecular complexity index is 878. The van der Waals surface area contributed by atoms with Gasteiger partial charge in [-0.1, -0.05) is 12.1 Å². The Morgan fingerprint density at radius 3 is 2.50 bits per heavy atom. The second-order valence-electron chi connectivity index (χ2n) is 6.29. The van der Waals surface area contributed by atoms with E-state index in [-0.39, 0.29) is 23.7 Å². The van der Waals surface area contributed by atoms with Crippen molar-refractivity contribution in [1.82, 2.24) is 10.9 Å². The highest BCUT2D eigenvalue weighted by molar-refractivity contribution is 7.81. The second-order valence-corrected chi connectivity index (χ2v) is 7.64. The molecule has 0 fully saturated rings. The maximum atomic E-state index is 12.1. The minimum Gasteiger partial charge on any atom is -0.497 e. The molecule has 2 aromatic carbocycles. The second kappa shape index (κ2) is 12.3. The highest BCUT2D eigenvalue weighted by Crippen LogP contribution is 2.17. The molecular weight excluding hydrogens is 440 g/mol. The van der Waals surface area contributed by atoms with E-state index in [1.54, 1.807) is 19.2 Å². The molecule has 0 aromatic heterocycles. The number of hydrogen-bond acceptors (Lipinski definition) is 7. The predicted molar refractivity (Wildman–Crippen MR) is 130 cm³/mol. The minimum absolute atomic E-state index is 0.0851. The van der Waals surface area contributed by atoms with Gasteiger partial charge in [0.05, 0.1) is 18.9 Å². The molecule has 2 rings (SSSR count). The Morgan fingerprint density at radius 2 is 1.83 bits per heavy atom. The van der Waals surface area contributed by atoms with Crippen LogP contribution in [-0.2, 0) is 15.3 Å². The van der Waals surface area contributed by atoms with Crippen molar-refractivity contribution < 1.29 is 14.3 Å². The van der Waals surface area contributed by atoms with Crippen LogP contribution in [0.3, 0.4) is 0 Å². The lowest BCUT2D eigenvalue weighted by molar-refractivity contribution is -0.128. The molecule has 0 saturated heterocycles. The van der Waals surface area contributed by atoms with E-state index in [0.717, 1.165) is 22.7 Å². The number of methoxy groups -OCH3 is 1. The van der Waals surface area contributed by atoms with Crippen LogP contribution in [0.1, 0.15) is 18.4 Å². The summed E-state index contributed by atoms with van der Waals surface area (Å²) in [6, 6.07) is 14.8. The molecule has 0 aliphatic rings. The van der Waals surface area contributed by atoms with Crippen LogP contribution in [-0.4, -0.2) is 29.3 Å². The largest absolute Gasteiger partial charge is 0.497 e. The fourth-order valence-corrected chi connectivity index (χ4v) is 3.20. The van der Waals surface area contributed by atoms with Gasteiger partial charge in [-0.3, -0.25) is 20.4 Å². The van der Waals surface area contributed by atoms with Crippen LogP contribution in [0, 0.1) is 0 Å². The molecule has 0 heterocycles. The Morgan fingerprint density at radius 1 is 1.10 bits per heavy atom. The number of amides is 1. The van der Waals surface area contributed by atoms with E-state index in [1.807, 2.05) is 36.4 Å². The summed E-state index contributed by atoms with van der Waals surface area (Å²) in [4.78, 5) is 24.1. The lowest BCUT2D eigenvalue weighted by Gasteiger charge is -2.15. The molecule has 160 valence electrons. The standard InChI is InChI=1S/C20H24N4O3S3/c1-27-17-7-5-14(6-8-17)21-19(29)11-16(25)10-18(26)23-24-20(30)22-15-4-2-3-13(9-15)12-28/h2-9,19,21,28-29H,10-12H2,1H3,(H,23,26)(H2,22,24,30). The molecule has 2 aromatic rings. The number of nitrogens with one attached hydrogen (secondary N) is 4. The number of hydrazine groups is 1. The third-order valence-electron chi connectivity index (χ3n) is 3.88. The van der Waals surface area contributed by atoms with E-state index in [0.29, 0.717) is 5.75 Å². The van der Waals surface area contributed by atoms with Crippen LogP contribution in [0.4, 0.5) is 11.4 Å². The van der Waals surface area contributed by atoms with E-state index >= 15 is 0 Å². The molecule has 0 saturated carbocycles. The quantitative estimate of drug-likeness (QED) is 0.112. The van der Waals surface area contributed by atoms with Crippen molar-refractivity contribution in [3.63, 3.8) is 0 Å². The van der Waals surface area contributed by atoms with E-state index in [9.17, 15) is 9.59 Å². The number of carbonyl (C=O) groups is 2. The third kappa shape index (κ3) is 8.52. The van der Waals surface area contributed by atoms with Gasteiger partial charge < -0.3 is 15.4 Å². The van der Waals surface area contributed by atoms with Crippen LogP contribution in [0.5, 0.6) is 5.75 Å². The summed E-state index contributed by atoms with van der Waals surface area (Å²) in [6.45, 7) is 0. The molecule has 4 N–H and O–H groups in total. The maximum absolute atomic E-state index is 12.1. The van der Waals surface area contributed by atoms with Crippen LogP contribution < -0.4 is 26.2 Å². The van der Waals surface area contributed by atoms with Crippen molar-refractivity contribution in [1.29, 1.82) is 0 Å². The van der Waals surface area contributed by atoms with Crippen LogP contribution >= 0.6 is 37.5 Å². The topological polar surface area (TPSA) is 91.5 Å². The monoisotopic (exact) mass is 464 g/mol. The van der Waals surface area contributed by atoms with Gasteiger partial charge in [0.2, 0.25) is 5.91 Å². The average molecular weight is 465 g/mol. The van der Waals surface area contributed by atoms with Crippen LogP contribution in [0.25, 0.3) is 0 Å². The zero-order valence-corrected chi connectivity index (χ0v) is 19.0. The first kappa shape index (κ1) is 23.8. The summed E-state index contributed by atoms with van der Waals surface area (Å²) in [5.41, 5.74) is 7.59. The van der Waals surface area contributed by atoms with Gasteiger partial charge in [-0.05, 0) is 54.2 Å². The molecule has 30 heavy (non-hydrogen) atoms. The molecule has 1 amide bonds. The summed E-state index contributed by atoms with van der Waals surface area (Å²) in [6.07, 6.45) is -0.201. The number of rotatable bonds is 9. The fourth-order valence-electron chi connectivity index (χ4n) is 2.48. The summed E-state index contributed by atoms with van der Waals surface area (Å²) in [7, 11) is 1.59. The highest BCUT2D eigenvalue weighted by Gasteiger charge is 2.14. The van der Waals surface area contributed by atoms with Crippen molar-refractivity contribution in [2.45, 2.75) is 24.0 Å². The molecular formula is C20H24N4O3S3. The number of ketones is 1. The number of benzene rings is 2. The van der Waals surface area contributed by atoms with Gasteiger partial charge in [-0.25, -0.2) is 0 Å². The third-order valence-corrected chi connectivity index (χ3v) is 4.77. The van der Waals surface area contributed by atoms with E-state index in [2.05, 4.69) is 46.7 Å². The average Bonchev–Trinajstić information content (AvgIpc) is 2.72. The van der Waals surface area contributed by atoms with Gasteiger partial charge in [0, 0.05) is 23.5 Å². The number of Topliss-reactive ketones (excluding diaryl/α,β-unsaturated/α-hetero) is 1. The van der Waals surface area contributed by atoms with E-state index in [1.165, 1.54) is 0 Å². The Hall–Kier alpha value is -2.43. The predicted octanol–water partition coefficient (Wildman–Crippen LogP) is 3.16. The SMILES string of the molecule is COc1ccc(NC(S)CC(=O)CC(=O)NNC(=S)Nc2cccc(CS)c2)cc1. The first-order valence-electron chi connectivity index (χ1n) is 9.05. The van der Waals surface area contributed by atoms with Crippen molar-refractivity contribution in [2.75, 3.05) is 17.7 Å². The number of thiocarbonyl (C=S) groups is 1. The molecule has 0 radical (unpaired) electrons. The summed E-state index contributed by atoms with van der Waals surface area (Å²) in [5, 5.41) is 5.82. The van der Waals surface area contributed by atoms with E-state index < -0.39 is 11.3 Å². The first-order chi connectivity index (χ1) is 14.4. The lowest BCUT2D eigenvalue weighted by atomic mass is 10.2. The first-order valence-corrected chi connectivity index (χ1v) is 10.6. The van der Waals surface area contributed by atoms with Gasteiger partial charge in [0.25, 0.3) is 0 Å². The van der Waals surface area contributed by atoms with Gasteiger partial charge in [0.1, 0.15) is 11.5 Å². The molecule has 0 spiro atoms. The molecule has 0 aliphatic carbocycles. The van der Waals surface area contributed by atoms with Crippen molar-refractivity contribution in [3.8, 4) is 5.75 Å². The zero-order chi connectivity index (χ0) is 21.9. The summed E-state index contributed by atoms with van der Waals surface area (Å²) >= 11 is 13.7. The van der Waals surface area contributed by atoms with Gasteiger partial charge in [0.15, 0.2) is 5.11 Å². The molecule has 0 aliphatic heterocycles. The summed E-state index contributed by atoms with van der Waals surface area (Å²) in [5.74, 6) is 0.598. The number of ether oxygens (including phenoxy) is 1. The smallest absolute Gasteiger partial charge is 0.245 e. The van der Waals surface area contributed by atoms with Crippen molar-refractivity contribution in [3.05, 3.63) is 54.1 Å². The van der Waals surface area contributed by atoms with Crippen molar-refractivity contribution >= 4 is 65.7 Å². The lowest BCUT2D eigenvalue weighted by Crippen LogP contribution is -2.44. The molecule has 10 heteroatoms. The van der Waals surface area contributed by atoms with Gasteiger partial charge in [-0.2, -0.15) is 25.3 Å². The maximum Gasteiger partial charge on any atom is 0.245 e. The zero-order valence-electron chi connectivity index (χ0n) is 16.3. The van der Waals surface area contributed by atoms with Crippen LogP contribution in [0.15, 0.2) is 48.5 Å². The number of carbonyl (C=O) groups excluding carboxylic acids is 2. The number of anilines is 2. The van der Waals surface area contributed by atoms with Crippen molar-refractivity contribution in [2.24, 2.45) is 0 Å². The number of hydrogen-bond donors (Lipinski definition) is 6. The van der Waals surface area contributed by atoms with Gasteiger partial charge >= 0.3 is 0 Å². The highest BCUT2D eigenvalue weighted by atomic mass is 32.1. The molecule has 1 unspecified atom stereocenters. The Labute approximate surface area is 192 Å². The van der Waals surface area contributed by atoms with Crippen LogP contribution in [0.2, 0.25) is 0 Å². The minimum atomic E-state index is -0.488. The molecule has 1 atom stereocenters. The summed E-state index contributed by atoms with van der Waals surface area (Å²) < 4.78 is 5.10. The fraction of sp³-hybridized carbons (Fsp3) is 0.250. The Balaban J connectivity index is 1.70. The number of thiol groups is 2. The molecule has 7 nitrogen and oxygen atoms in total.